The molecule has 0 aromatic heterocycles. The van der Waals surface area contributed by atoms with E-state index in [9.17, 15) is 4.79 Å². The second kappa shape index (κ2) is 1.55. The van der Waals surface area contributed by atoms with E-state index in [0.29, 0.717) is 6.42 Å². The van der Waals surface area contributed by atoms with Gasteiger partial charge in [-0.2, -0.15) is 0 Å². The summed E-state index contributed by atoms with van der Waals surface area (Å²) in [6.45, 7) is 3.97. The van der Waals surface area contributed by atoms with Crippen LogP contribution in [0.3, 0.4) is 0 Å². The third kappa shape index (κ3) is 0.892. The molecule has 1 heterocycles. The summed E-state index contributed by atoms with van der Waals surface area (Å²) in [7, 11) is 0. The molecule has 1 aliphatic heterocycles. The topological polar surface area (TPSA) is 29.6 Å². The average molecular weight is 114 g/mol. The molecule has 0 bridgehead atoms. The molecular weight excluding hydrogens is 104 g/mol. The van der Waals surface area contributed by atoms with Gasteiger partial charge in [0.05, 0.1) is 11.7 Å². The number of ether oxygens (including phenoxy) is 1. The highest BCUT2D eigenvalue weighted by Crippen LogP contribution is 2.36. The molecule has 1 fully saturated rings. The minimum Gasteiger partial charge on any atom is -0.366 e. The Labute approximate surface area is 48.8 Å². The van der Waals surface area contributed by atoms with Crippen molar-refractivity contribution in [1.29, 1.82) is 0 Å². The minimum absolute atomic E-state index is 0.0130. The van der Waals surface area contributed by atoms with Crippen LogP contribution in [0.5, 0.6) is 0 Å². The first-order chi connectivity index (χ1) is 3.67. The Kier molecular flexibility index (Phi) is 1.12. The van der Waals surface area contributed by atoms with Gasteiger partial charge in [0.1, 0.15) is 6.29 Å². The SMILES string of the molecule is CC1(C)O[C@H]1CC=O. The second-order valence-electron chi connectivity index (χ2n) is 2.61. The van der Waals surface area contributed by atoms with E-state index in [-0.39, 0.29) is 11.7 Å². The molecular formula is C6H10O2. The number of hydrogen-bond acceptors (Lipinski definition) is 2. The molecule has 0 N–H and O–H groups in total. The lowest BCUT2D eigenvalue weighted by Crippen LogP contribution is -2.02. The Hall–Kier alpha value is -0.370. The normalized spacial score (nSPS) is 32.0. The van der Waals surface area contributed by atoms with Crippen LogP contribution in [0, 0.1) is 0 Å². The van der Waals surface area contributed by atoms with Crippen LogP contribution in [0.15, 0.2) is 0 Å². The molecule has 1 rings (SSSR count). The highest BCUT2D eigenvalue weighted by atomic mass is 16.6. The monoisotopic (exact) mass is 114 g/mol. The number of epoxide rings is 1. The first kappa shape index (κ1) is 5.76. The van der Waals surface area contributed by atoms with Gasteiger partial charge in [-0.1, -0.05) is 0 Å². The summed E-state index contributed by atoms with van der Waals surface area (Å²) in [6, 6.07) is 0. The fourth-order valence-electron chi connectivity index (χ4n) is 0.752. The van der Waals surface area contributed by atoms with Crippen molar-refractivity contribution in [3.63, 3.8) is 0 Å². The Morgan fingerprint density at radius 1 is 1.75 bits per heavy atom. The molecule has 1 saturated heterocycles. The van der Waals surface area contributed by atoms with Crippen LogP contribution in [-0.2, 0) is 9.53 Å². The van der Waals surface area contributed by atoms with E-state index < -0.39 is 0 Å². The van der Waals surface area contributed by atoms with Gasteiger partial charge in [-0.05, 0) is 13.8 Å². The molecule has 2 nitrogen and oxygen atoms in total. The summed E-state index contributed by atoms with van der Waals surface area (Å²) < 4.78 is 5.11. The lowest BCUT2D eigenvalue weighted by Gasteiger charge is -1.87. The third-order valence-electron chi connectivity index (χ3n) is 1.47. The summed E-state index contributed by atoms with van der Waals surface area (Å²) in [5, 5.41) is 0. The van der Waals surface area contributed by atoms with Gasteiger partial charge in [0.2, 0.25) is 0 Å². The maximum absolute atomic E-state index is 9.86. The zero-order valence-corrected chi connectivity index (χ0v) is 5.18. The van der Waals surface area contributed by atoms with Gasteiger partial charge >= 0.3 is 0 Å². The summed E-state index contributed by atoms with van der Waals surface area (Å²) in [5.74, 6) is 0. The lowest BCUT2D eigenvalue weighted by molar-refractivity contribution is -0.108. The molecule has 0 amide bonds. The van der Waals surface area contributed by atoms with Crippen LogP contribution in [-0.4, -0.2) is 18.0 Å². The molecule has 0 saturated carbocycles. The van der Waals surface area contributed by atoms with Crippen LogP contribution in [0.4, 0.5) is 0 Å². The quantitative estimate of drug-likeness (QED) is 0.391. The highest BCUT2D eigenvalue weighted by Gasteiger charge is 2.46. The smallest absolute Gasteiger partial charge is 0.122 e. The molecule has 46 valence electrons. The van der Waals surface area contributed by atoms with Gasteiger partial charge in [0.15, 0.2) is 0 Å². The van der Waals surface area contributed by atoms with Gasteiger partial charge in [0.25, 0.3) is 0 Å². The van der Waals surface area contributed by atoms with E-state index >= 15 is 0 Å². The Morgan fingerprint density at radius 3 is 2.38 bits per heavy atom. The van der Waals surface area contributed by atoms with Crippen LogP contribution in [0.1, 0.15) is 20.3 Å². The van der Waals surface area contributed by atoms with Crippen molar-refractivity contribution in [3.8, 4) is 0 Å². The van der Waals surface area contributed by atoms with Gasteiger partial charge in [-0.15, -0.1) is 0 Å². The molecule has 0 aromatic carbocycles. The van der Waals surface area contributed by atoms with Gasteiger partial charge in [-0.3, -0.25) is 0 Å². The van der Waals surface area contributed by atoms with Crippen molar-refractivity contribution in [2.75, 3.05) is 0 Å². The van der Waals surface area contributed by atoms with Crippen LogP contribution in [0.2, 0.25) is 0 Å². The molecule has 0 aliphatic carbocycles. The van der Waals surface area contributed by atoms with E-state index in [1.54, 1.807) is 0 Å². The maximum atomic E-state index is 9.86. The van der Waals surface area contributed by atoms with Crippen molar-refractivity contribution in [3.05, 3.63) is 0 Å². The van der Waals surface area contributed by atoms with Crippen LogP contribution in [0.25, 0.3) is 0 Å². The number of aldehydes is 1. The van der Waals surface area contributed by atoms with Crippen molar-refractivity contribution in [2.45, 2.75) is 32.0 Å². The summed E-state index contributed by atoms with van der Waals surface area (Å²) in [4.78, 5) is 9.86. The number of rotatable bonds is 2. The standard InChI is InChI=1S/C6H10O2/c1-6(2)5(8-6)3-4-7/h4-5H,3H2,1-2H3/t5-/m0/s1. The molecule has 0 aromatic rings. The highest BCUT2D eigenvalue weighted by molar-refractivity contribution is 5.51. The molecule has 1 atom stereocenters. The molecule has 0 spiro atoms. The largest absolute Gasteiger partial charge is 0.366 e. The number of carbonyl (C=O) groups excluding carboxylic acids is 1. The molecule has 1 aliphatic rings. The van der Waals surface area contributed by atoms with E-state index in [1.807, 2.05) is 13.8 Å². The van der Waals surface area contributed by atoms with Crippen molar-refractivity contribution >= 4 is 6.29 Å². The fourth-order valence-corrected chi connectivity index (χ4v) is 0.752. The van der Waals surface area contributed by atoms with Gasteiger partial charge in [0, 0.05) is 6.42 Å². The van der Waals surface area contributed by atoms with E-state index in [0.717, 1.165) is 6.29 Å². The Bertz CT molecular complexity index is 107. The zero-order valence-electron chi connectivity index (χ0n) is 5.18. The fraction of sp³-hybridized carbons (Fsp3) is 0.833. The number of carbonyl (C=O) groups is 1. The molecule has 0 unspecified atom stereocenters. The van der Waals surface area contributed by atoms with E-state index in [4.69, 9.17) is 4.74 Å². The molecule has 2 heteroatoms. The van der Waals surface area contributed by atoms with E-state index in [2.05, 4.69) is 0 Å². The minimum atomic E-state index is -0.0130. The maximum Gasteiger partial charge on any atom is 0.122 e. The van der Waals surface area contributed by atoms with E-state index in [1.165, 1.54) is 0 Å². The van der Waals surface area contributed by atoms with Crippen molar-refractivity contribution in [2.24, 2.45) is 0 Å². The van der Waals surface area contributed by atoms with Crippen LogP contribution < -0.4 is 0 Å². The lowest BCUT2D eigenvalue weighted by atomic mass is 10.1. The first-order valence-corrected chi connectivity index (χ1v) is 2.78. The number of hydrogen-bond donors (Lipinski definition) is 0. The van der Waals surface area contributed by atoms with Crippen molar-refractivity contribution in [1.82, 2.24) is 0 Å². The second-order valence-corrected chi connectivity index (χ2v) is 2.61. The van der Waals surface area contributed by atoms with Gasteiger partial charge in [-0.25, -0.2) is 0 Å². The van der Waals surface area contributed by atoms with Crippen LogP contribution >= 0.6 is 0 Å². The summed E-state index contributed by atoms with van der Waals surface area (Å²) in [6.07, 6.45) is 1.65. The summed E-state index contributed by atoms with van der Waals surface area (Å²) >= 11 is 0. The Morgan fingerprint density at radius 2 is 2.25 bits per heavy atom. The average Bonchev–Trinajstić information content (AvgIpc) is 2.15. The predicted octanol–water partition coefficient (Wildman–Crippen LogP) is 0.753. The third-order valence-corrected chi connectivity index (χ3v) is 1.47. The van der Waals surface area contributed by atoms with Crippen molar-refractivity contribution < 1.29 is 9.53 Å². The first-order valence-electron chi connectivity index (χ1n) is 2.78. The summed E-state index contributed by atoms with van der Waals surface area (Å²) in [5.41, 5.74) is -0.0130. The zero-order chi connectivity index (χ0) is 6.20. The van der Waals surface area contributed by atoms with Gasteiger partial charge < -0.3 is 9.53 Å². The molecule has 8 heavy (non-hydrogen) atoms. The molecule has 0 radical (unpaired) electrons. The Balaban J connectivity index is 2.26. The predicted molar refractivity (Wildman–Crippen MR) is 29.6 cm³/mol.